The first-order valence-corrected chi connectivity index (χ1v) is 13.9. The molecule has 3 aromatic heterocycles. The van der Waals surface area contributed by atoms with E-state index in [4.69, 9.17) is 35.2 Å². The Labute approximate surface area is 251 Å². The summed E-state index contributed by atoms with van der Waals surface area (Å²) in [6.07, 6.45) is 1.84. The number of methoxy groups -OCH3 is 2. The summed E-state index contributed by atoms with van der Waals surface area (Å²) < 4.78 is 39.1. The second kappa shape index (κ2) is 12.2. The highest BCUT2D eigenvalue weighted by molar-refractivity contribution is 6.35. The molecular weight excluding hydrogens is 573 g/mol. The molecule has 0 fully saturated rings. The Balaban J connectivity index is 1.23. The fourth-order valence-electron chi connectivity index (χ4n) is 5.01. The van der Waals surface area contributed by atoms with Crippen LogP contribution < -0.4 is 4.74 Å². The van der Waals surface area contributed by atoms with Crippen LogP contribution in [0, 0.1) is 5.82 Å². The molecular formula is C33H27ClFN3O5. The summed E-state index contributed by atoms with van der Waals surface area (Å²) in [5.41, 5.74) is 5.03. The van der Waals surface area contributed by atoms with Gasteiger partial charge in [-0.05, 0) is 48.0 Å². The van der Waals surface area contributed by atoms with Gasteiger partial charge in [0.05, 0.1) is 47.3 Å². The summed E-state index contributed by atoms with van der Waals surface area (Å²) in [5.74, 6) is 0.233. The highest BCUT2D eigenvalue weighted by atomic mass is 35.5. The van der Waals surface area contributed by atoms with Crippen molar-refractivity contribution in [3.63, 3.8) is 0 Å². The van der Waals surface area contributed by atoms with E-state index in [1.54, 1.807) is 55.8 Å². The van der Waals surface area contributed by atoms with Crippen molar-refractivity contribution in [2.24, 2.45) is 0 Å². The van der Waals surface area contributed by atoms with Gasteiger partial charge in [-0.15, -0.1) is 0 Å². The summed E-state index contributed by atoms with van der Waals surface area (Å²) in [7, 11) is 2.95. The van der Waals surface area contributed by atoms with Crippen molar-refractivity contribution >= 4 is 39.6 Å². The van der Waals surface area contributed by atoms with Crippen molar-refractivity contribution in [3.05, 3.63) is 112 Å². The molecule has 0 saturated carbocycles. The molecule has 0 atom stereocenters. The lowest BCUT2D eigenvalue weighted by Gasteiger charge is -2.11. The normalized spacial score (nSPS) is 11.3. The molecule has 10 heteroatoms. The van der Waals surface area contributed by atoms with E-state index in [1.807, 2.05) is 28.8 Å². The molecule has 6 rings (SSSR count). The molecule has 0 radical (unpaired) electrons. The van der Waals surface area contributed by atoms with Crippen molar-refractivity contribution in [2.75, 3.05) is 20.8 Å². The van der Waals surface area contributed by atoms with E-state index in [2.05, 4.69) is 4.98 Å². The highest BCUT2D eigenvalue weighted by Crippen LogP contribution is 2.29. The smallest absolute Gasteiger partial charge is 0.337 e. The van der Waals surface area contributed by atoms with Crippen LogP contribution in [0.1, 0.15) is 27.3 Å². The van der Waals surface area contributed by atoms with E-state index in [9.17, 15) is 4.79 Å². The number of furan rings is 1. The lowest BCUT2D eigenvalue weighted by Crippen LogP contribution is -2.10. The molecule has 218 valence electrons. The molecule has 0 aliphatic rings. The number of aromatic nitrogens is 3. The number of esters is 1. The summed E-state index contributed by atoms with van der Waals surface area (Å²) in [4.78, 5) is 21.4. The second-order valence-electron chi connectivity index (χ2n) is 9.87. The fourth-order valence-corrected chi connectivity index (χ4v) is 5.22. The minimum absolute atomic E-state index is 0.232. The summed E-state index contributed by atoms with van der Waals surface area (Å²) in [6.45, 7) is 1.15. The largest absolute Gasteiger partial charge is 0.473 e. The van der Waals surface area contributed by atoms with E-state index in [-0.39, 0.29) is 18.8 Å². The van der Waals surface area contributed by atoms with Crippen LogP contribution in [-0.4, -0.2) is 41.3 Å². The number of fused-ring (bicyclic) bond motifs is 2. The predicted molar refractivity (Wildman–Crippen MR) is 161 cm³/mol. The number of hydrogen-bond donors (Lipinski definition) is 0. The van der Waals surface area contributed by atoms with Crippen molar-refractivity contribution in [1.82, 2.24) is 14.5 Å². The molecule has 0 N–H and O–H groups in total. The van der Waals surface area contributed by atoms with Gasteiger partial charge in [-0.25, -0.2) is 19.2 Å². The number of nitrogens with zero attached hydrogens (tertiary/aromatic N) is 3. The standard InChI is InChI=1S/C33H27ClFN3O5/c1-40-15-13-38-29-17-22(33(39)41-2)9-11-28(29)36-30(38)18-20-6-7-21(16-26(20)35)27-4-3-5-31(37-27)43-19-23-8-10-25(34)24-12-14-42-32(23)24/h3-12,14,16-17H,13,15,18-19H2,1-2H3. The number of benzene rings is 3. The number of ether oxygens (including phenoxy) is 3. The molecule has 0 aliphatic carbocycles. The van der Waals surface area contributed by atoms with Crippen molar-refractivity contribution in [3.8, 4) is 17.1 Å². The van der Waals surface area contributed by atoms with Gasteiger partial charge in [0.2, 0.25) is 5.88 Å². The topological polar surface area (TPSA) is 88.6 Å². The first kappa shape index (κ1) is 28.4. The third-order valence-corrected chi connectivity index (χ3v) is 7.54. The number of hydrogen-bond acceptors (Lipinski definition) is 7. The molecule has 3 heterocycles. The number of pyridine rings is 1. The molecule has 8 nitrogen and oxygen atoms in total. The van der Waals surface area contributed by atoms with Crippen LogP contribution in [-0.2, 0) is 29.0 Å². The number of imidazole rings is 1. The van der Waals surface area contributed by atoms with E-state index in [0.717, 1.165) is 16.5 Å². The number of carbonyl (C=O) groups is 1. The molecule has 6 aromatic rings. The SMILES string of the molecule is COCCn1c(Cc2ccc(-c3cccc(OCc4ccc(Cl)c5ccoc45)n3)cc2F)nc2ccc(C(=O)OC)cc21. The fraction of sp³-hybridized carbons (Fsp3) is 0.182. The minimum Gasteiger partial charge on any atom is -0.473 e. The van der Waals surface area contributed by atoms with Crippen molar-refractivity contribution in [2.45, 2.75) is 19.6 Å². The van der Waals surface area contributed by atoms with Crippen molar-refractivity contribution < 1.29 is 27.8 Å². The first-order valence-electron chi connectivity index (χ1n) is 13.5. The van der Waals surface area contributed by atoms with Crippen LogP contribution in [0.4, 0.5) is 4.39 Å². The van der Waals surface area contributed by atoms with Crippen molar-refractivity contribution in [1.29, 1.82) is 0 Å². The third kappa shape index (κ3) is 5.82. The van der Waals surface area contributed by atoms with Gasteiger partial charge in [0.15, 0.2) is 0 Å². The van der Waals surface area contributed by atoms with Gasteiger partial charge in [0.1, 0.15) is 23.8 Å². The van der Waals surface area contributed by atoms with Gasteiger partial charge < -0.3 is 23.2 Å². The van der Waals surface area contributed by atoms with E-state index < -0.39 is 5.97 Å². The zero-order valence-electron chi connectivity index (χ0n) is 23.5. The van der Waals surface area contributed by atoms with Gasteiger partial charge in [-0.2, -0.15) is 0 Å². The molecule has 0 saturated heterocycles. The minimum atomic E-state index is -0.438. The molecule has 0 amide bonds. The Kier molecular flexibility index (Phi) is 8.09. The summed E-state index contributed by atoms with van der Waals surface area (Å²) in [6, 6.07) is 21.0. The lowest BCUT2D eigenvalue weighted by molar-refractivity contribution is 0.0601. The van der Waals surface area contributed by atoms with Crippen LogP contribution in [0.25, 0.3) is 33.3 Å². The zero-order valence-corrected chi connectivity index (χ0v) is 24.2. The molecule has 0 unspecified atom stereocenters. The lowest BCUT2D eigenvalue weighted by atomic mass is 10.1. The van der Waals surface area contributed by atoms with Crippen LogP contribution in [0.3, 0.4) is 0 Å². The van der Waals surface area contributed by atoms with Crippen LogP contribution in [0.5, 0.6) is 5.88 Å². The number of rotatable bonds is 10. The molecule has 43 heavy (non-hydrogen) atoms. The van der Waals surface area contributed by atoms with Crippen LogP contribution in [0.2, 0.25) is 5.02 Å². The molecule has 0 spiro atoms. The monoisotopic (exact) mass is 599 g/mol. The van der Waals surface area contributed by atoms with Gasteiger partial charge >= 0.3 is 5.97 Å². The van der Waals surface area contributed by atoms with Gasteiger partial charge in [-0.3, -0.25) is 0 Å². The zero-order chi connectivity index (χ0) is 29.9. The molecule has 0 aliphatic heterocycles. The highest BCUT2D eigenvalue weighted by Gasteiger charge is 2.17. The Morgan fingerprint density at radius 1 is 1.00 bits per heavy atom. The predicted octanol–water partition coefficient (Wildman–Crippen LogP) is 7.24. The number of carbonyl (C=O) groups excluding carboxylic acids is 1. The summed E-state index contributed by atoms with van der Waals surface area (Å²) >= 11 is 6.24. The van der Waals surface area contributed by atoms with Gasteiger partial charge in [-0.1, -0.05) is 35.9 Å². The average Bonchev–Trinajstić information content (AvgIpc) is 3.66. The third-order valence-electron chi connectivity index (χ3n) is 7.21. The van der Waals surface area contributed by atoms with Crippen LogP contribution in [0.15, 0.2) is 83.5 Å². The van der Waals surface area contributed by atoms with E-state index in [1.165, 1.54) is 13.2 Å². The van der Waals surface area contributed by atoms with E-state index in [0.29, 0.717) is 63.4 Å². The maximum Gasteiger partial charge on any atom is 0.337 e. The first-order chi connectivity index (χ1) is 20.9. The summed E-state index contributed by atoms with van der Waals surface area (Å²) in [5, 5.41) is 1.43. The number of halogens is 2. The maximum atomic E-state index is 15.5. The van der Waals surface area contributed by atoms with Gasteiger partial charge in [0.25, 0.3) is 0 Å². The Morgan fingerprint density at radius 2 is 1.86 bits per heavy atom. The molecule has 0 bridgehead atoms. The molecule has 3 aromatic carbocycles. The second-order valence-corrected chi connectivity index (χ2v) is 10.3. The quantitative estimate of drug-likeness (QED) is 0.153. The maximum absolute atomic E-state index is 15.5. The average molecular weight is 600 g/mol. The Hall–Kier alpha value is -4.73. The Bertz CT molecular complexity index is 1950. The van der Waals surface area contributed by atoms with Crippen LogP contribution >= 0.6 is 11.6 Å². The van der Waals surface area contributed by atoms with Gasteiger partial charge in [0, 0.05) is 42.7 Å². The van der Waals surface area contributed by atoms with E-state index >= 15 is 4.39 Å². The Morgan fingerprint density at radius 3 is 2.67 bits per heavy atom.